The first-order chi connectivity index (χ1) is 25.2. The SMILES string of the molecule is OC1CC(N(C2CC(O)C(N3NC4CCCCC4N3)C(O)C2)C2CC(O)C(N3NC4CCCCC4N3)C(O)C2)CC(O)C1C1CN2CCCCC2N1. The Kier molecular flexibility index (Phi) is 11.0. The van der Waals surface area contributed by atoms with E-state index >= 15 is 0 Å². The van der Waals surface area contributed by atoms with Gasteiger partial charge in [0.05, 0.1) is 54.9 Å². The molecule has 15 heteroatoms. The van der Waals surface area contributed by atoms with Crippen LogP contribution >= 0.6 is 0 Å². The summed E-state index contributed by atoms with van der Waals surface area (Å²) in [7, 11) is 0. The van der Waals surface area contributed by atoms with Crippen LogP contribution in [-0.2, 0) is 0 Å². The van der Waals surface area contributed by atoms with Crippen LogP contribution in [0.3, 0.4) is 0 Å². The quantitative estimate of drug-likeness (QED) is 0.149. The summed E-state index contributed by atoms with van der Waals surface area (Å²) < 4.78 is 0. The summed E-state index contributed by atoms with van der Waals surface area (Å²) in [6.45, 7) is 1.89. The van der Waals surface area contributed by atoms with Crippen LogP contribution in [0, 0.1) is 5.92 Å². The molecule has 4 saturated heterocycles. The van der Waals surface area contributed by atoms with Gasteiger partial charge in [-0.15, -0.1) is 0 Å². The Balaban J connectivity index is 0.931. The van der Waals surface area contributed by atoms with Gasteiger partial charge in [-0.2, -0.15) is 10.2 Å². The van der Waals surface area contributed by atoms with Gasteiger partial charge < -0.3 is 30.6 Å². The third kappa shape index (κ3) is 7.02. The number of fused-ring (bicyclic) bond motifs is 3. The molecule has 12 unspecified atom stereocenters. The minimum absolute atomic E-state index is 0.0222. The molecule has 11 N–H and O–H groups in total. The second kappa shape index (κ2) is 15.4. The highest BCUT2D eigenvalue weighted by Gasteiger charge is 2.54. The Labute approximate surface area is 308 Å². The molecule has 0 aromatic rings. The summed E-state index contributed by atoms with van der Waals surface area (Å²) in [5.41, 5.74) is 14.2. The minimum atomic E-state index is -0.824. The molecule has 0 aromatic carbocycles. The van der Waals surface area contributed by atoms with Gasteiger partial charge >= 0.3 is 0 Å². The van der Waals surface area contributed by atoms with Gasteiger partial charge in [0.25, 0.3) is 0 Å². The molecule has 15 nitrogen and oxygen atoms in total. The molecule has 5 aliphatic carbocycles. The van der Waals surface area contributed by atoms with Crippen molar-refractivity contribution in [2.24, 2.45) is 5.92 Å². The van der Waals surface area contributed by atoms with E-state index in [0.717, 1.165) is 45.2 Å². The predicted octanol–water partition coefficient (Wildman–Crippen LogP) is -1.65. The van der Waals surface area contributed by atoms with Crippen molar-refractivity contribution >= 4 is 0 Å². The number of aliphatic hydroxyl groups excluding tert-OH is 6. The van der Waals surface area contributed by atoms with Gasteiger partial charge in [-0.05, 0) is 90.0 Å². The normalized spacial score (nSPS) is 52.4. The molecule has 4 aliphatic heterocycles. The fourth-order valence-electron chi connectivity index (χ4n) is 12.6. The molecule has 9 fully saturated rings. The Morgan fingerprint density at radius 2 is 0.827 bits per heavy atom. The first kappa shape index (κ1) is 37.0. The second-order valence-corrected chi connectivity index (χ2v) is 18.3. The van der Waals surface area contributed by atoms with Crippen LogP contribution in [0.5, 0.6) is 0 Å². The molecule has 0 radical (unpaired) electrons. The van der Waals surface area contributed by atoms with Crippen LogP contribution in [0.25, 0.3) is 0 Å². The summed E-state index contributed by atoms with van der Waals surface area (Å²) >= 11 is 0. The van der Waals surface area contributed by atoms with Gasteiger partial charge in [-0.25, -0.2) is 21.7 Å². The largest absolute Gasteiger partial charge is 0.393 e. The van der Waals surface area contributed by atoms with Crippen molar-refractivity contribution in [1.82, 2.24) is 47.1 Å². The van der Waals surface area contributed by atoms with Crippen molar-refractivity contribution in [2.75, 3.05) is 13.1 Å². The number of hydrogen-bond donors (Lipinski definition) is 11. The molecule has 0 amide bonds. The molecule has 5 saturated carbocycles. The second-order valence-electron chi connectivity index (χ2n) is 18.3. The van der Waals surface area contributed by atoms with Crippen LogP contribution in [0.4, 0.5) is 0 Å². The number of nitrogens with one attached hydrogen (secondary N) is 5. The lowest BCUT2D eigenvalue weighted by Gasteiger charge is -2.54. The van der Waals surface area contributed by atoms with E-state index in [1.54, 1.807) is 0 Å². The van der Waals surface area contributed by atoms with E-state index in [2.05, 4.69) is 36.8 Å². The first-order valence-electron chi connectivity index (χ1n) is 21.2. The summed E-state index contributed by atoms with van der Waals surface area (Å²) in [6.07, 6.45) is 10.6. The van der Waals surface area contributed by atoms with Crippen LogP contribution in [0.15, 0.2) is 0 Å². The lowest BCUT2D eigenvalue weighted by molar-refractivity contribution is -0.151. The van der Waals surface area contributed by atoms with Gasteiger partial charge in [-0.1, -0.05) is 25.7 Å². The summed E-state index contributed by atoms with van der Waals surface area (Å²) in [5.74, 6) is -0.283. The van der Waals surface area contributed by atoms with Crippen LogP contribution in [0.1, 0.15) is 109 Å². The van der Waals surface area contributed by atoms with E-state index in [9.17, 15) is 30.6 Å². The fraction of sp³-hybridized carbons (Fsp3) is 1.00. The molecule has 0 bridgehead atoms. The number of hydrazine groups is 4. The Morgan fingerprint density at radius 3 is 1.23 bits per heavy atom. The number of piperidine rings is 1. The van der Waals surface area contributed by atoms with E-state index in [4.69, 9.17) is 0 Å². The van der Waals surface area contributed by atoms with E-state index in [-0.39, 0.29) is 30.1 Å². The lowest BCUT2D eigenvalue weighted by atomic mass is 9.74. The van der Waals surface area contributed by atoms with Gasteiger partial charge in [0.15, 0.2) is 0 Å². The number of aliphatic hydroxyl groups is 6. The molecular formula is C37H67N9O6. The molecule has 9 aliphatic rings. The average molecular weight is 734 g/mol. The van der Waals surface area contributed by atoms with Crippen molar-refractivity contribution in [3.05, 3.63) is 0 Å². The van der Waals surface area contributed by atoms with Crippen molar-refractivity contribution in [3.63, 3.8) is 0 Å². The molecule has 4 heterocycles. The molecule has 296 valence electrons. The van der Waals surface area contributed by atoms with Crippen LogP contribution in [0.2, 0.25) is 0 Å². The summed E-state index contributed by atoms with van der Waals surface area (Å²) in [5, 5.41) is 78.3. The highest BCUT2D eigenvalue weighted by atomic mass is 16.3. The molecular weight excluding hydrogens is 666 g/mol. The number of hydrogen-bond acceptors (Lipinski definition) is 15. The molecule has 0 aromatic heterocycles. The smallest absolute Gasteiger partial charge is 0.0918 e. The Hall–Kier alpha value is -0.600. The monoisotopic (exact) mass is 734 g/mol. The van der Waals surface area contributed by atoms with E-state index in [0.29, 0.717) is 68.9 Å². The maximum atomic E-state index is 11.8. The summed E-state index contributed by atoms with van der Waals surface area (Å²) in [4.78, 5) is 4.76. The highest BCUT2D eigenvalue weighted by Crippen LogP contribution is 2.41. The van der Waals surface area contributed by atoms with Crippen molar-refractivity contribution in [2.45, 2.75) is 212 Å². The van der Waals surface area contributed by atoms with Gasteiger partial charge in [-0.3, -0.25) is 15.1 Å². The van der Waals surface area contributed by atoms with Crippen LogP contribution in [-0.4, -0.2) is 167 Å². The van der Waals surface area contributed by atoms with E-state index in [1.165, 1.54) is 38.5 Å². The van der Waals surface area contributed by atoms with Crippen molar-refractivity contribution in [1.29, 1.82) is 0 Å². The van der Waals surface area contributed by atoms with Gasteiger partial charge in [0, 0.05) is 60.8 Å². The van der Waals surface area contributed by atoms with E-state index in [1.807, 2.05) is 10.2 Å². The number of rotatable bonds is 6. The Morgan fingerprint density at radius 1 is 0.442 bits per heavy atom. The number of nitrogens with zero attached hydrogens (tertiary/aromatic N) is 4. The van der Waals surface area contributed by atoms with Crippen molar-refractivity contribution < 1.29 is 30.6 Å². The maximum absolute atomic E-state index is 11.8. The van der Waals surface area contributed by atoms with Crippen molar-refractivity contribution in [3.8, 4) is 0 Å². The minimum Gasteiger partial charge on any atom is -0.393 e. The lowest BCUT2D eigenvalue weighted by Crippen LogP contribution is -2.68. The molecule has 52 heavy (non-hydrogen) atoms. The zero-order valence-corrected chi connectivity index (χ0v) is 30.8. The Bertz CT molecular complexity index is 1010. The molecule has 9 rings (SSSR count). The zero-order valence-electron chi connectivity index (χ0n) is 30.8. The fourth-order valence-corrected chi connectivity index (χ4v) is 12.6. The highest BCUT2D eigenvalue weighted by molar-refractivity contribution is 5.07. The third-order valence-corrected chi connectivity index (χ3v) is 15.1. The van der Waals surface area contributed by atoms with Crippen LogP contribution < -0.4 is 27.0 Å². The first-order valence-corrected chi connectivity index (χ1v) is 21.2. The average Bonchev–Trinajstić information content (AvgIpc) is 3.84. The maximum Gasteiger partial charge on any atom is 0.0918 e. The standard InChI is InChI=1S/C37H67N9O6/c47-28-13-20(14-29(48)35(28)27-19-43-12-6-5-11-34(43)38-27)44(21-15-30(49)36(31(50)16-21)45-39-23-7-1-2-8-24(23)40-45)22-17-32(51)37(33(52)18-22)46-41-25-9-3-4-10-26(25)42-46/h20-42,47-52H,1-19H2. The zero-order chi connectivity index (χ0) is 35.7. The predicted molar refractivity (Wildman–Crippen MR) is 192 cm³/mol. The summed E-state index contributed by atoms with van der Waals surface area (Å²) in [6, 6.07) is -0.520. The van der Waals surface area contributed by atoms with Gasteiger partial charge in [0.1, 0.15) is 0 Å². The van der Waals surface area contributed by atoms with E-state index < -0.39 is 48.7 Å². The molecule has 0 spiro atoms. The van der Waals surface area contributed by atoms with Gasteiger partial charge in [0.2, 0.25) is 0 Å². The third-order valence-electron chi connectivity index (χ3n) is 15.1. The molecule has 12 atom stereocenters. The topological polar surface area (TPSA) is 194 Å².